The first-order valence-corrected chi connectivity index (χ1v) is 7.74. The van der Waals surface area contributed by atoms with Crippen molar-refractivity contribution in [1.82, 2.24) is 0 Å². The van der Waals surface area contributed by atoms with Crippen LogP contribution in [0.5, 0.6) is 0 Å². The van der Waals surface area contributed by atoms with E-state index in [1.54, 1.807) is 30.5 Å². The number of thioether (sulfide) groups is 1. The number of carbonyl (C=O) groups is 1. The van der Waals surface area contributed by atoms with Crippen molar-refractivity contribution in [2.75, 3.05) is 11.6 Å². The summed E-state index contributed by atoms with van der Waals surface area (Å²) in [7, 11) is 0. The maximum absolute atomic E-state index is 14.2. The Balaban J connectivity index is 2.14. The van der Waals surface area contributed by atoms with Crippen LogP contribution >= 0.6 is 11.8 Å². The van der Waals surface area contributed by atoms with E-state index < -0.39 is 28.2 Å². The summed E-state index contributed by atoms with van der Waals surface area (Å²) in [5.74, 6) is -0.858. The van der Waals surface area contributed by atoms with E-state index in [0.29, 0.717) is 0 Å². The quantitative estimate of drug-likeness (QED) is 0.502. The van der Waals surface area contributed by atoms with Crippen LogP contribution in [-0.2, 0) is 11.3 Å². The Labute approximate surface area is 135 Å². The molecule has 0 aliphatic heterocycles. The first-order chi connectivity index (χ1) is 11.0. The van der Waals surface area contributed by atoms with Crippen molar-refractivity contribution in [3.63, 3.8) is 0 Å². The third-order valence-electron chi connectivity index (χ3n) is 2.94. The second kappa shape index (κ2) is 7.59. The third kappa shape index (κ3) is 4.19. The summed E-state index contributed by atoms with van der Waals surface area (Å²) in [6, 6.07) is 11.3. The van der Waals surface area contributed by atoms with Crippen LogP contribution in [0, 0.1) is 15.9 Å². The van der Waals surface area contributed by atoms with E-state index in [2.05, 4.69) is 5.32 Å². The van der Waals surface area contributed by atoms with Crippen LogP contribution in [0.2, 0.25) is 0 Å². The van der Waals surface area contributed by atoms with Gasteiger partial charge in [0.1, 0.15) is 6.61 Å². The van der Waals surface area contributed by atoms with Crippen LogP contribution in [0.3, 0.4) is 0 Å². The molecular weight excluding hydrogens is 323 g/mol. The predicted octanol–water partition coefficient (Wildman–Crippen LogP) is 4.20. The average Bonchev–Trinajstić information content (AvgIpc) is 2.55. The van der Waals surface area contributed by atoms with Gasteiger partial charge in [-0.25, -0.2) is 9.18 Å². The van der Waals surface area contributed by atoms with Crippen molar-refractivity contribution in [3.05, 3.63) is 64.0 Å². The van der Waals surface area contributed by atoms with E-state index in [1.807, 2.05) is 6.07 Å². The minimum absolute atomic E-state index is 0.0235. The van der Waals surface area contributed by atoms with E-state index in [0.717, 1.165) is 23.4 Å². The number of halogens is 1. The third-order valence-corrected chi connectivity index (χ3v) is 3.70. The monoisotopic (exact) mass is 336 g/mol. The Morgan fingerprint density at radius 1 is 1.30 bits per heavy atom. The van der Waals surface area contributed by atoms with Crippen molar-refractivity contribution in [2.45, 2.75) is 11.5 Å². The molecule has 23 heavy (non-hydrogen) atoms. The molecule has 120 valence electrons. The molecule has 0 spiro atoms. The molecule has 0 saturated carbocycles. The molecule has 0 radical (unpaired) electrons. The molecule has 2 aromatic carbocycles. The molecule has 0 aliphatic carbocycles. The molecule has 0 fully saturated rings. The molecule has 6 nitrogen and oxygen atoms in total. The van der Waals surface area contributed by atoms with Crippen molar-refractivity contribution in [2.24, 2.45) is 0 Å². The largest absolute Gasteiger partial charge is 0.444 e. The van der Waals surface area contributed by atoms with Gasteiger partial charge in [0.05, 0.1) is 4.92 Å². The molecular formula is C15H13FN2O4S. The summed E-state index contributed by atoms with van der Waals surface area (Å²) < 4.78 is 19.2. The van der Waals surface area contributed by atoms with E-state index in [1.165, 1.54) is 6.07 Å². The Kier molecular flexibility index (Phi) is 5.53. The predicted molar refractivity (Wildman–Crippen MR) is 85.1 cm³/mol. The number of hydrogen-bond donors (Lipinski definition) is 1. The summed E-state index contributed by atoms with van der Waals surface area (Å²) >= 11 is 1.08. The fourth-order valence-corrected chi connectivity index (χ4v) is 2.32. The van der Waals surface area contributed by atoms with Crippen molar-refractivity contribution < 1.29 is 18.8 Å². The summed E-state index contributed by atoms with van der Waals surface area (Å²) in [5.41, 5.74) is -0.285. The van der Waals surface area contributed by atoms with Crippen molar-refractivity contribution in [1.29, 1.82) is 0 Å². The number of nitro benzene ring substituents is 1. The molecule has 0 bridgehead atoms. The Morgan fingerprint density at radius 2 is 2.00 bits per heavy atom. The fraction of sp³-hybridized carbons (Fsp3) is 0.133. The zero-order valence-corrected chi connectivity index (χ0v) is 12.9. The molecule has 1 amide bonds. The van der Waals surface area contributed by atoms with Crippen LogP contribution in [0.1, 0.15) is 5.56 Å². The highest BCUT2D eigenvalue weighted by Crippen LogP contribution is 2.33. The topological polar surface area (TPSA) is 81.5 Å². The lowest BCUT2D eigenvalue weighted by atomic mass is 10.2. The SMILES string of the molecule is CSc1ccc([N+](=O)[O-])c(NC(=O)OCc2ccccc2)c1F. The smallest absolute Gasteiger partial charge is 0.412 e. The van der Waals surface area contributed by atoms with Gasteiger partial charge in [0.2, 0.25) is 0 Å². The fourth-order valence-electron chi connectivity index (χ4n) is 1.84. The van der Waals surface area contributed by atoms with Gasteiger partial charge < -0.3 is 4.74 Å². The lowest BCUT2D eigenvalue weighted by Crippen LogP contribution is -2.16. The van der Waals surface area contributed by atoms with Crippen LogP contribution in [0.25, 0.3) is 0 Å². The van der Waals surface area contributed by atoms with Gasteiger partial charge in [0.15, 0.2) is 11.5 Å². The highest BCUT2D eigenvalue weighted by atomic mass is 32.2. The van der Waals surface area contributed by atoms with E-state index in [4.69, 9.17) is 4.74 Å². The highest BCUT2D eigenvalue weighted by molar-refractivity contribution is 7.98. The Morgan fingerprint density at radius 3 is 2.61 bits per heavy atom. The van der Waals surface area contributed by atoms with Gasteiger partial charge in [-0.3, -0.25) is 15.4 Å². The summed E-state index contributed by atoms with van der Waals surface area (Å²) in [5, 5.41) is 13.1. The summed E-state index contributed by atoms with van der Waals surface area (Å²) in [6.45, 7) is -0.0235. The van der Waals surface area contributed by atoms with E-state index in [9.17, 15) is 19.3 Å². The highest BCUT2D eigenvalue weighted by Gasteiger charge is 2.23. The molecule has 0 saturated heterocycles. The number of nitro groups is 1. The van der Waals surface area contributed by atoms with Gasteiger partial charge in [-0.05, 0) is 17.9 Å². The first kappa shape index (κ1) is 16.8. The minimum Gasteiger partial charge on any atom is -0.444 e. The second-order valence-electron chi connectivity index (χ2n) is 4.42. The number of anilines is 1. The van der Waals surface area contributed by atoms with Gasteiger partial charge in [-0.1, -0.05) is 30.3 Å². The number of carbonyl (C=O) groups excluding carboxylic acids is 1. The number of nitrogens with one attached hydrogen (secondary N) is 1. The average molecular weight is 336 g/mol. The first-order valence-electron chi connectivity index (χ1n) is 6.51. The molecule has 0 unspecified atom stereocenters. The molecule has 0 aliphatic rings. The molecule has 0 heterocycles. The van der Waals surface area contributed by atoms with Gasteiger partial charge in [-0.15, -0.1) is 11.8 Å². The van der Waals surface area contributed by atoms with E-state index >= 15 is 0 Å². The number of rotatable bonds is 5. The molecule has 2 aromatic rings. The number of hydrogen-bond acceptors (Lipinski definition) is 5. The lowest BCUT2D eigenvalue weighted by Gasteiger charge is -2.10. The van der Waals surface area contributed by atoms with Gasteiger partial charge >= 0.3 is 6.09 Å². The van der Waals surface area contributed by atoms with Gasteiger partial charge in [-0.2, -0.15) is 0 Å². The zero-order chi connectivity index (χ0) is 16.8. The summed E-state index contributed by atoms with van der Waals surface area (Å²) in [6.07, 6.45) is 0.663. The number of amides is 1. The van der Waals surface area contributed by atoms with Crippen LogP contribution < -0.4 is 5.32 Å². The van der Waals surface area contributed by atoms with Crippen LogP contribution in [0.15, 0.2) is 47.4 Å². The Hall–Kier alpha value is -2.61. The second-order valence-corrected chi connectivity index (χ2v) is 5.27. The molecule has 1 N–H and O–H groups in total. The van der Waals surface area contributed by atoms with Gasteiger partial charge in [0, 0.05) is 11.0 Å². The zero-order valence-electron chi connectivity index (χ0n) is 12.1. The lowest BCUT2D eigenvalue weighted by molar-refractivity contribution is -0.384. The normalized spacial score (nSPS) is 10.2. The van der Waals surface area contributed by atoms with Crippen molar-refractivity contribution in [3.8, 4) is 0 Å². The number of ether oxygens (including phenoxy) is 1. The number of nitrogens with zero attached hydrogens (tertiary/aromatic N) is 1. The Bertz CT molecular complexity index is 725. The maximum Gasteiger partial charge on any atom is 0.412 e. The summed E-state index contributed by atoms with van der Waals surface area (Å²) in [4.78, 5) is 22.2. The minimum atomic E-state index is -0.964. The van der Waals surface area contributed by atoms with Gasteiger partial charge in [0.25, 0.3) is 5.69 Å². The van der Waals surface area contributed by atoms with E-state index in [-0.39, 0.29) is 11.5 Å². The standard InChI is InChI=1S/C15H13FN2O4S/c1-23-12-8-7-11(18(20)21)14(13(12)16)17-15(19)22-9-10-5-3-2-4-6-10/h2-8H,9H2,1H3,(H,17,19). The number of benzene rings is 2. The molecule has 8 heteroatoms. The van der Waals surface area contributed by atoms with Crippen LogP contribution in [-0.4, -0.2) is 17.3 Å². The molecule has 2 rings (SSSR count). The van der Waals surface area contributed by atoms with Crippen LogP contribution in [0.4, 0.5) is 20.6 Å². The maximum atomic E-state index is 14.2. The molecule has 0 aromatic heterocycles. The molecule has 0 atom stereocenters. The van der Waals surface area contributed by atoms with Crippen molar-refractivity contribution >= 4 is 29.2 Å².